The maximum absolute atomic E-state index is 15.0. The zero-order chi connectivity index (χ0) is 22.2. The number of nitrogens with one attached hydrogen (secondary N) is 2. The van der Waals surface area contributed by atoms with Crippen molar-refractivity contribution in [1.82, 2.24) is 14.5 Å². The molecule has 0 radical (unpaired) electrons. The number of nitrogens with zero attached hydrogens (tertiary/aromatic N) is 3. The third kappa shape index (κ3) is 4.13. The van der Waals surface area contributed by atoms with Gasteiger partial charge in [0.2, 0.25) is 5.91 Å². The van der Waals surface area contributed by atoms with Crippen molar-refractivity contribution < 1.29 is 9.18 Å². The molecule has 0 bridgehead atoms. The molecule has 0 atom stereocenters. The predicted molar refractivity (Wildman–Crippen MR) is 127 cm³/mol. The number of carbonyl (C=O) groups excluding carboxylic acids is 1. The Morgan fingerprint density at radius 1 is 1.34 bits per heavy atom. The number of hydrogen-bond acceptors (Lipinski definition) is 5. The first kappa shape index (κ1) is 20.4. The van der Waals surface area contributed by atoms with Gasteiger partial charge in [0.05, 0.1) is 11.2 Å². The summed E-state index contributed by atoms with van der Waals surface area (Å²) in [6.45, 7) is 6.39. The van der Waals surface area contributed by atoms with E-state index in [0.29, 0.717) is 28.7 Å². The second-order valence-corrected chi connectivity index (χ2v) is 9.22. The molecule has 5 rings (SSSR count). The maximum Gasteiger partial charge on any atom is 0.247 e. The number of halogens is 1. The van der Waals surface area contributed by atoms with Crippen LogP contribution in [-0.4, -0.2) is 20.4 Å². The Morgan fingerprint density at radius 2 is 2.19 bits per heavy atom. The van der Waals surface area contributed by atoms with Gasteiger partial charge in [-0.05, 0) is 56.0 Å². The van der Waals surface area contributed by atoms with Gasteiger partial charge in [-0.3, -0.25) is 4.79 Å². The highest BCUT2D eigenvalue weighted by Crippen LogP contribution is 2.37. The van der Waals surface area contributed by atoms with Gasteiger partial charge >= 0.3 is 0 Å². The van der Waals surface area contributed by atoms with Crippen LogP contribution in [0.25, 0.3) is 22.2 Å². The summed E-state index contributed by atoms with van der Waals surface area (Å²) in [6, 6.07) is 8.43. The predicted octanol–water partition coefficient (Wildman–Crippen LogP) is 5.89. The van der Waals surface area contributed by atoms with Crippen LogP contribution in [-0.2, 0) is 11.3 Å². The number of hydrogen-bond donors (Lipinski definition) is 2. The molecule has 2 N–H and O–H groups in total. The number of carbonyl (C=O) groups is 1. The fraction of sp³-hybridized carbons (Fsp3) is 0.208. The highest BCUT2D eigenvalue weighted by Gasteiger charge is 2.23. The lowest BCUT2D eigenvalue weighted by atomic mass is 10.1. The number of benzene rings is 1. The molecule has 1 aliphatic carbocycles. The van der Waals surface area contributed by atoms with E-state index < -0.39 is 5.82 Å². The number of aryl methyl sites for hydroxylation is 1. The van der Waals surface area contributed by atoms with Gasteiger partial charge in [-0.15, -0.1) is 11.3 Å². The topological polar surface area (TPSA) is 71.8 Å². The standard InChI is InChI=1S/C24H22FN5OS/c1-3-22(31)27-16-6-7-19(25)18(10-16)23-17-8-9-30(13-15-4-5-15)20(17)11-21(28-23)29-24-26-12-14(2)32-24/h3,6-12,15H,1,4-5,13H2,2H3,(H,27,31)(H,26,28,29). The Kier molecular flexibility index (Phi) is 5.22. The molecule has 1 amide bonds. The molecule has 0 saturated heterocycles. The van der Waals surface area contributed by atoms with E-state index in [-0.39, 0.29) is 5.91 Å². The fourth-order valence-electron chi connectivity index (χ4n) is 3.70. The van der Waals surface area contributed by atoms with E-state index in [9.17, 15) is 9.18 Å². The van der Waals surface area contributed by atoms with Gasteiger partial charge in [-0.2, -0.15) is 0 Å². The van der Waals surface area contributed by atoms with E-state index in [4.69, 9.17) is 4.98 Å². The number of amides is 1. The van der Waals surface area contributed by atoms with E-state index in [1.807, 2.05) is 25.3 Å². The number of fused-ring (bicyclic) bond motifs is 1. The summed E-state index contributed by atoms with van der Waals surface area (Å²) in [6.07, 6.45) is 7.49. The zero-order valence-electron chi connectivity index (χ0n) is 17.6. The Balaban J connectivity index is 1.64. The normalized spacial score (nSPS) is 13.3. The molecular weight excluding hydrogens is 425 g/mol. The summed E-state index contributed by atoms with van der Waals surface area (Å²) in [5.41, 5.74) is 2.30. The number of thiazole rings is 1. The molecule has 1 aromatic carbocycles. The minimum Gasteiger partial charge on any atom is -0.347 e. The molecule has 0 unspecified atom stereocenters. The molecule has 3 aromatic heterocycles. The van der Waals surface area contributed by atoms with Crippen LogP contribution in [0.4, 0.5) is 21.0 Å². The van der Waals surface area contributed by atoms with Crippen LogP contribution >= 0.6 is 11.3 Å². The molecule has 3 heterocycles. The Bertz CT molecular complexity index is 1340. The third-order valence-corrected chi connectivity index (χ3v) is 6.28. The van der Waals surface area contributed by atoms with Crippen LogP contribution in [0.5, 0.6) is 0 Å². The number of pyridine rings is 1. The van der Waals surface area contributed by atoms with Crippen molar-refractivity contribution in [3.05, 3.63) is 66.1 Å². The molecule has 0 spiro atoms. The molecule has 8 heteroatoms. The molecular formula is C24H22FN5OS. The minimum atomic E-state index is -0.410. The van der Waals surface area contributed by atoms with Gasteiger partial charge in [0.1, 0.15) is 11.6 Å². The Hall–Kier alpha value is -3.52. The molecule has 32 heavy (non-hydrogen) atoms. The lowest BCUT2D eigenvalue weighted by Crippen LogP contribution is -2.07. The van der Waals surface area contributed by atoms with E-state index in [2.05, 4.69) is 26.8 Å². The summed E-state index contributed by atoms with van der Waals surface area (Å²) in [5.74, 6) is 0.519. The maximum atomic E-state index is 15.0. The van der Waals surface area contributed by atoms with Crippen molar-refractivity contribution in [1.29, 1.82) is 0 Å². The van der Waals surface area contributed by atoms with Crippen molar-refractivity contribution in [2.75, 3.05) is 10.6 Å². The lowest BCUT2D eigenvalue weighted by molar-refractivity contribution is -0.111. The number of aromatic nitrogens is 3. The SMILES string of the molecule is C=CC(=O)Nc1ccc(F)c(-c2nc(Nc3ncc(C)s3)cc3c2ccn3CC2CC2)c1. The summed E-state index contributed by atoms with van der Waals surface area (Å²) in [7, 11) is 0. The smallest absolute Gasteiger partial charge is 0.247 e. The van der Waals surface area contributed by atoms with Crippen molar-refractivity contribution in [3.8, 4) is 11.3 Å². The molecule has 1 fully saturated rings. The first-order chi connectivity index (χ1) is 15.5. The Morgan fingerprint density at radius 3 is 2.91 bits per heavy atom. The van der Waals surface area contributed by atoms with Crippen molar-refractivity contribution in [2.45, 2.75) is 26.3 Å². The van der Waals surface area contributed by atoms with Gasteiger partial charge in [0.25, 0.3) is 0 Å². The first-order valence-electron chi connectivity index (χ1n) is 10.4. The van der Waals surface area contributed by atoms with Gasteiger partial charge < -0.3 is 15.2 Å². The molecule has 0 aliphatic heterocycles. The van der Waals surface area contributed by atoms with Crippen molar-refractivity contribution >= 4 is 44.8 Å². The van der Waals surface area contributed by atoms with Gasteiger partial charge in [-0.1, -0.05) is 6.58 Å². The molecule has 1 aliphatic rings. The molecule has 1 saturated carbocycles. The quantitative estimate of drug-likeness (QED) is 0.347. The second kappa shape index (κ2) is 8.20. The van der Waals surface area contributed by atoms with Crippen LogP contribution in [0.3, 0.4) is 0 Å². The summed E-state index contributed by atoms with van der Waals surface area (Å²) >= 11 is 1.53. The van der Waals surface area contributed by atoms with Gasteiger partial charge in [0.15, 0.2) is 5.13 Å². The number of anilines is 3. The first-order valence-corrected chi connectivity index (χ1v) is 11.2. The number of rotatable bonds is 7. The zero-order valence-corrected chi connectivity index (χ0v) is 18.4. The van der Waals surface area contributed by atoms with E-state index >= 15 is 0 Å². The molecule has 6 nitrogen and oxygen atoms in total. The second-order valence-electron chi connectivity index (χ2n) is 7.99. The van der Waals surface area contributed by atoms with Gasteiger partial charge in [0, 0.05) is 46.5 Å². The van der Waals surface area contributed by atoms with E-state index in [1.165, 1.54) is 42.4 Å². The van der Waals surface area contributed by atoms with E-state index in [0.717, 1.165) is 27.5 Å². The Labute approximate surface area is 188 Å². The largest absolute Gasteiger partial charge is 0.347 e. The molecule has 4 aromatic rings. The van der Waals surface area contributed by atoms with E-state index in [1.54, 1.807) is 12.3 Å². The summed E-state index contributed by atoms with van der Waals surface area (Å²) < 4.78 is 17.2. The van der Waals surface area contributed by atoms with Crippen LogP contribution < -0.4 is 10.6 Å². The highest BCUT2D eigenvalue weighted by molar-refractivity contribution is 7.15. The lowest BCUT2D eigenvalue weighted by Gasteiger charge is -2.12. The summed E-state index contributed by atoms with van der Waals surface area (Å²) in [5, 5.41) is 7.55. The molecule has 162 valence electrons. The van der Waals surface area contributed by atoms with Crippen LogP contribution in [0.1, 0.15) is 17.7 Å². The van der Waals surface area contributed by atoms with Crippen molar-refractivity contribution in [3.63, 3.8) is 0 Å². The third-order valence-electron chi connectivity index (χ3n) is 5.45. The van der Waals surface area contributed by atoms with Gasteiger partial charge in [-0.25, -0.2) is 14.4 Å². The van der Waals surface area contributed by atoms with Crippen molar-refractivity contribution in [2.24, 2.45) is 5.92 Å². The van der Waals surface area contributed by atoms with Crippen LogP contribution in [0, 0.1) is 18.7 Å². The fourth-order valence-corrected chi connectivity index (χ4v) is 4.37. The average Bonchev–Trinajstić information content (AvgIpc) is 3.37. The minimum absolute atomic E-state index is 0.319. The van der Waals surface area contributed by atoms with Crippen LogP contribution in [0.15, 0.2) is 55.4 Å². The highest BCUT2D eigenvalue weighted by atomic mass is 32.1. The van der Waals surface area contributed by atoms with Crippen LogP contribution in [0.2, 0.25) is 0 Å². The average molecular weight is 448 g/mol. The summed E-state index contributed by atoms with van der Waals surface area (Å²) in [4.78, 5) is 21.9. The monoisotopic (exact) mass is 447 g/mol.